The van der Waals surface area contributed by atoms with Gasteiger partial charge in [-0.2, -0.15) is 0 Å². The molecule has 1 nitrogen and oxygen atoms in total. The molecular formula is C13H22O. The van der Waals surface area contributed by atoms with Crippen molar-refractivity contribution in [1.29, 1.82) is 0 Å². The van der Waals surface area contributed by atoms with Crippen molar-refractivity contribution in [2.24, 2.45) is 23.2 Å². The monoisotopic (exact) mass is 194 g/mol. The summed E-state index contributed by atoms with van der Waals surface area (Å²) in [6.45, 7) is 4.48. The van der Waals surface area contributed by atoms with Crippen molar-refractivity contribution in [3.8, 4) is 0 Å². The van der Waals surface area contributed by atoms with Gasteiger partial charge < -0.3 is 5.11 Å². The molecule has 0 aliphatic heterocycles. The van der Waals surface area contributed by atoms with Crippen molar-refractivity contribution < 1.29 is 5.11 Å². The molecule has 80 valence electrons. The summed E-state index contributed by atoms with van der Waals surface area (Å²) in [6.07, 6.45) is 8.07. The molecule has 14 heavy (non-hydrogen) atoms. The second kappa shape index (κ2) is 2.55. The maximum absolute atomic E-state index is 10.8. The van der Waals surface area contributed by atoms with Crippen LogP contribution in [0.4, 0.5) is 0 Å². The Morgan fingerprint density at radius 2 is 1.93 bits per heavy atom. The first-order valence-corrected chi connectivity index (χ1v) is 6.28. The molecule has 3 fully saturated rings. The first-order valence-electron chi connectivity index (χ1n) is 6.28. The van der Waals surface area contributed by atoms with Gasteiger partial charge in [-0.3, -0.25) is 0 Å². The zero-order valence-corrected chi connectivity index (χ0v) is 9.42. The molecule has 0 radical (unpaired) electrons. The third-order valence-corrected chi connectivity index (χ3v) is 6.03. The maximum Gasteiger partial charge on any atom is 0.0706 e. The van der Waals surface area contributed by atoms with Crippen LogP contribution in [0.25, 0.3) is 0 Å². The number of aliphatic hydroxyl groups is 1. The standard InChI is InChI=1S/C13H22O/c1-12-7-3-4-11(13(12,2)14)9-5-6-10(12)8-9/h9-11,14H,3-8H2,1-2H3/t9-,10+,11-,12-,13?/m1/s1. The van der Waals surface area contributed by atoms with Gasteiger partial charge in [-0.05, 0) is 62.2 Å². The predicted molar refractivity (Wildman–Crippen MR) is 56.9 cm³/mol. The maximum atomic E-state index is 10.8. The first kappa shape index (κ1) is 9.21. The zero-order chi connectivity index (χ0) is 9.97. The van der Waals surface area contributed by atoms with Crippen molar-refractivity contribution in [2.45, 2.75) is 58.0 Å². The van der Waals surface area contributed by atoms with Gasteiger partial charge in [0.25, 0.3) is 0 Å². The van der Waals surface area contributed by atoms with E-state index in [1.54, 1.807) is 0 Å². The fraction of sp³-hybridized carbons (Fsp3) is 1.00. The second-order valence-electron chi connectivity index (χ2n) is 6.33. The van der Waals surface area contributed by atoms with E-state index in [0.29, 0.717) is 5.92 Å². The molecule has 5 atom stereocenters. The molecule has 0 saturated heterocycles. The molecular weight excluding hydrogens is 172 g/mol. The lowest BCUT2D eigenvalue weighted by atomic mass is 9.49. The van der Waals surface area contributed by atoms with Gasteiger partial charge in [0.2, 0.25) is 0 Å². The minimum Gasteiger partial charge on any atom is -0.389 e. The molecule has 0 heterocycles. The van der Waals surface area contributed by atoms with Gasteiger partial charge in [0.1, 0.15) is 0 Å². The van der Waals surface area contributed by atoms with Gasteiger partial charge in [0.05, 0.1) is 5.60 Å². The summed E-state index contributed by atoms with van der Waals surface area (Å²) in [7, 11) is 0. The Morgan fingerprint density at radius 1 is 1.14 bits per heavy atom. The van der Waals surface area contributed by atoms with Crippen LogP contribution in [0.15, 0.2) is 0 Å². The molecule has 1 unspecified atom stereocenters. The SMILES string of the molecule is CC1(O)[C@@H]2CCC[C@]1(C)[C@H]1CC[C@@H]2C1. The Morgan fingerprint density at radius 3 is 2.71 bits per heavy atom. The van der Waals surface area contributed by atoms with E-state index >= 15 is 0 Å². The van der Waals surface area contributed by atoms with Crippen LogP contribution in [-0.4, -0.2) is 10.7 Å². The number of fused-ring (bicyclic) bond motifs is 6. The van der Waals surface area contributed by atoms with Crippen LogP contribution in [0.2, 0.25) is 0 Å². The van der Waals surface area contributed by atoms with Crippen molar-refractivity contribution in [2.75, 3.05) is 0 Å². The van der Waals surface area contributed by atoms with Crippen LogP contribution in [0.1, 0.15) is 52.4 Å². The van der Waals surface area contributed by atoms with Gasteiger partial charge in [-0.1, -0.05) is 13.3 Å². The molecule has 0 aromatic rings. The van der Waals surface area contributed by atoms with E-state index in [9.17, 15) is 5.11 Å². The Labute approximate surface area is 86.9 Å². The van der Waals surface area contributed by atoms with Crippen LogP contribution in [-0.2, 0) is 0 Å². The minimum atomic E-state index is -0.366. The molecule has 3 aliphatic carbocycles. The molecule has 1 heteroatoms. The topological polar surface area (TPSA) is 20.2 Å². The minimum absolute atomic E-state index is 0.239. The fourth-order valence-corrected chi connectivity index (χ4v) is 4.92. The third kappa shape index (κ3) is 0.856. The van der Waals surface area contributed by atoms with Crippen LogP contribution in [0, 0.1) is 23.2 Å². The molecule has 0 aromatic carbocycles. The third-order valence-electron chi connectivity index (χ3n) is 6.03. The van der Waals surface area contributed by atoms with Crippen LogP contribution in [0.3, 0.4) is 0 Å². The summed E-state index contributed by atoms with van der Waals surface area (Å²) < 4.78 is 0. The zero-order valence-electron chi connectivity index (χ0n) is 9.42. The average molecular weight is 194 g/mol. The molecule has 3 saturated carbocycles. The summed E-state index contributed by atoms with van der Waals surface area (Å²) in [5.41, 5.74) is -0.127. The van der Waals surface area contributed by atoms with E-state index in [1.165, 1.54) is 38.5 Å². The van der Waals surface area contributed by atoms with E-state index < -0.39 is 0 Å². The summed E-state index contributed by atoms with van der Waals surface area (Å²) in [4.78, 5) is 0. The Hall–Kier alpha value is -0.0400. The van der Waals surface area contributed by atoms with E-state index in [2.05, 4.69) is 13.8 Å². The van der Waals surface area contributed by atoms with Crippen LogP contribution < -0.4 is 0 Å². The highest BCUT2D eigenvalue weighted by Gasteiger charge is 2.62. The lowest BCUT2D eigenvalue weighted by molar-refractivity contribution is -0.188. The van der Waals surface area contributed by atoms with Crippen molar-refractivity contribution in [3.05, 3.63) is 0 Å². The van der Waals surface area contributed by atoms with Crippen LogP contribution in [0.5, 0.6) is 0 Å². The van der Waals surface area contributed by atoms with Gasteiger partial charge in [0.15, 0.2) is 0 Å². The van der Waals surface area contributed by atoms with Crippen molar-refractivity contribution >= 4 is 0 Å². The second-order valence-corrected chi connectivity index (χ2v) is 6.33. The van der Waals surface area contributed by atoms with E-state index in [1.807, 2.05) is 0 Å². The average Bonchev–Trinajstić information content (AvgIpc) is 2.55. The van der Waals surface area contributed by atoms with Crippen LogP contribution >= 0.6 is 0 Å². The molecule has 3 rings (SSSR count). The highest BCUT2D eigenvalue weighted by molar-refractivity contribution is 5.12. The highest BCUT2D eigenvalue weighted by Crippen LogP contribution is 2.64. The van der Waals surface area contributed by atoms with E-state index in [0.717, 1.165) is 11.8 Å². The van der Waals surface area contributed by atoms with Gasteiger partial charge in [-0.15, -0.1) is 0 Å². The lowest BCUT2D eigenvalue weighted by Crippen LogP contribution is -2.59. The van der Waals surface area contributed by atoms with Crippen molar-refractivity contribution in [1.82, 2.24) is 0 Å². The smallest absolute Gasteiger partial charge is 0.0706 e. The first-order chi connectivity index (χ1) is 6.56. The van der Waals surface area contributed by atoms with Gasteiger partial charge in [0, 0.05) is 0 Å². The largest absolute Gasteiger partial charge is 0.389 e. The molecule has 1 N–H and O–H groups in total. The van der Waals surface area contributed by atoms with E-state index in [4.69, 9.17) is 0 Å². The normalized spacial score (nSPS) is 61.5. The highest BCUT2D eigenvalue weighted by atomic mass is 16.3. The lowest BCUT2D eigenvalue weighted by Gasteiger charge is -2.58. The molecule has 4 bridgehead atoms. The van der Waals surface area contributed by atoms with E-state index in [-0.39, 0.29) is 11.0 Å². The summed E-state index contributed by atoms with van der Waals surface area (Å²) >= 11 is 0. The molecule has 0 amide bonds. The number of hydrogen-bond donors (Lipinski definition) is 1. The quantitative estimate of drug-likeness (QED) is 0.628. The molecule has 0 spiro atoms. The Bertz CT molecular complexity index is 258. The predicted octanol–water partition coefficient (Wildman–Crippen LogP) is 2.97. The summed E-state index contributed by atoms with van der Waals surface area (Å²) in [5, 5.41) is 10.8. The summed E-state index contributed by atoms with van der Waals surface area (Å²) in [5.74, 6) is 2.28. The number of hydrogen-bond acceptors (Lipinski definition) is 1. The van der Waals surface area contributed by atoms with Crippen molar-refractivity contribution in [3.63, 3.8) is 0 Å². The Balaban J connectivity index is 2.07. The fourth-order valence-electron chi connectivity index (χ4n) is 4.92. The molecule has 0 aromatic heterocycles. The molecule has 3 aliphatic rings. The van der Waals surface area contributed by atoms with Gasteiger partial charge in [-0.25, -0.2) is 0 Å². The number of rotatable bonds is 0. The van der Waals surface area contributed by atoms with Gasteiger partial charge >= 0.3 is 0 Å². The summed E-state index contributed by atoms with van der Waals surface area (Å²) in [6, 6.07) is 0. The Kier molecular flexibility index (Phi) is 1.68.